The summed E-state index contributed by atoms with van der Waals surface area (Å²) in [6, 6.07) is 22.4. The zero-order chi connectivity index (χ0) is 14.9. The van der Waals surface area contributed by atoms with Crippen molar-refractivity contribution in [1.82, 2.24) is 4.90 Å². The van der Waals surface area contributed by atoms with E-state index in [1.165, 1.54) is 16.8 Å². The van der Waals surface area contributed by atoms with Crippen LogP contribution in [0.25, 0.3) is 0 Å². The van der Waals surface area contributed by atoms with Crippen LogP contribution in [-0.2, 0) is 5.41 Å². The van der Waals surface area contributed by atoms with Gasteiger partial charge in [-0.05, 0) is 31.4 Å². The number of benzene rings is 2. The fourth-order valence-corrected chi connectivity index (χ4v) is 3.82. The van der Waals surface area contributed by atoms with E-state index in [0.29, 0.717) is 6.04 Å². The SMILES string of the molecule is C/C=C1/N(C)[C@@H](C)CC1(c1ccccc1)c1ccccc1. The summed E-state index contributed by atoms with van der Waals surface area (Å²) in [7, 11) is 2.22. The second-order valence-corrected chi connectivity index (χ2v) is 5.98. The number of rotatable bonds is 2. The van der Waals surface area contributed by atoms with Gasteiger partial charge in [0.1, 0.15) is 0 Å². The van der Waals surface area contributed by atoms with Gasteiger partial charge in [0, 0.05) is 18.8 Å². The molecule has 108 valence electrons. The van der Waals surface area contributed by atoms with Crippen molar-refractivity contribution in [2.24, 2.45) is 0 Å². The molecule has 3 rings (SSSR count). The number of hydrogen-bond acceptors (Lipinski definition) is 1. The third kappa shape index (κ3) is 2.08. The molecule has 0 N–H and O–H groups in total. The van der Waals surface area contributed by atoms with Crippen molar-refractivity contribution in [2.75, 3.05) is 7.05 Å². The van der Waals surface area contributed by atoms with Gasteiger partial charge >= 0.3 is 0 Å². The summed E-state index contributed by atoms with van der Waals surface area (Å²) >= 11 is 0. The molecule has 0 saturated carbocycles. The third-order valence-corrected chi connectivity index (χ3v) is 4.89. The minimum atomic E-state index is -0.0224. The Balaban J connectivity index is 2.27. The van der Waals surface area contributed by atoms with E-state index < -0.39 is 0 Å². The minimum absolute atomic E-state index is 0.0224. The lowest BCUT2D eigenvalue weighted by Gasteiger charge is -2.33. The van der Waals surface area contributed by atoms with Crippen molar-refractivity contribution in [1.29, 1.82) is 0 Å². The van der Waals surface area contributed by atoms with E-state index in [9.17, 15) is 0 Å². The van der Waals surface area contributed by atoms with E-state index >= 15 is 0 Å². The van der Waals surface area contributed by atoms with Crippen LogP contribution in [0, 0.1) is 0 Å². The van der Waals surface area contributed by atoms with Crippen molar-refractivity contribution in [3.05, 3.63) is 83.6 Å². The summed E-state index contributed by atoms with van der Waals surface area (Å²) in [5.74, 6) is 0. The van der Waals surface area contributed by atoms with Crippen LogP contribution in [0.1, 0.15) is 31.4 Å². The zero-order valence-corrected chi connectivity index (χ0v) is 13.1. The molecule has 1 saturated heterocycles. The number of hydrogen-bond donors (Lipinski definition) is 0. The highest BCUT2D eigenvalue weighted by molar-refractivity contribution is 5.50. The smallest absolute Gasteiger partial charge is 0.0616 e. The summed E-state index contributed by atoms with van der Waals surface area (Å²) in [5.41, 5.74) is 4.17. The van der Waals surface area contributed by atoms with E-state index in [1.807, 2.05) is 0 Å². The maximum absolute atomic E-state index is 2.43. The van der Waals surface area contributed by atoms with Crippen molar-refractivity contribution in [3.63, 3.8) is 0 Å². The quantitative estimate of drug-likeness (QED) is 0.775. The Morgan fingerprint density at radius 2 is 1.43 bits per heavy atom. The van der Waals surface area contributed by atoms with Gasteiger partial charge in [-0.1, -0.05) is 66.7 Å². The molecule has 1 heteroatoms. The lowest BCUT2D eigenvalue weighted by molar-refractivity contribution is 0.375. The van der Waals surface area contributed by atoms with Crippen LogP contribution < -0.4 is 0 Å². The van der Waals surface area contributed by atoms with Gasteiger partial charge in [0.05, 0.1) is 5.41 Å². The maximum atomic E-state index is 2.43. The monoisotopic (exact) mass is 277 g/mol. The van der Waals surface area contributed by atoms with Crippen LogP contribution in [0.15, 0.2) is 72.4 Å². The second-order valence-electron chi connectivity index (χ2n) is 5.98. The van der Waals surface area contributed by atoms with Gasteiger partial charge < -0.3 is 4.90 Å². The Morgan fingerprint density at radius 3 is 1.86 bits per heavy atom. The predicted octanol–water partition coefficient (Wildman–Crippen LogP) is 4.60. The normalized spacial score (nSPS) is 22.7. The number of nitrogens with zero attached hydrogens (tertiary/aromatic N) is 1. The van der Waals surface area contributed by atoms with Crippen LogP contribution >= 0.6 is 0 Å². The zero-order valence-electron chi connectivity index (χ0n) is 13.1. The fraction of sp³-hybridized carbons (Fsp3) is 0.300. The molecular formula is C20H23N. The summed E-state index contributed by atoms with van der Waals surface area (Å²) in [6.45, 7) is 4.47. The highest BCUT2D eigenvalue weighted by atomic mass is 15.2. The standard InChI is InChI=1S/C20H23N/c1-4-19-20(15-16(2)21(19)3,17-11-7-5-8-12-17)18-13-9-6-10-14-18/h4-14,16H,15H2,1-3H3/b19-4+/t16-/m0/s1. The lowest BCUT2D eigenvalue weighted by atomic mass is 9.71. The van der Waals surface area contributed by atoms with Gasteiger partial charge in [-0.25, -0.2) is 0 Å². The van der Waals surface area contributed by atoms with E-state index in [4.69, 9.17) is 0 Å². The molecule has 2 aromatic carbocycles. The summed E-state index contributed by atoms with van der Waals surface area (Å²) in [5, 5.41) is 0. The van der Waals surface area contributed by atoms with Gasteiger partial charge in [-0.2, -0.15) is 0 Å². The molecule has 0 amide bonds. The highest BCUT2D eigenvalue weighted by Crippen LogP contribution is 2.49. The molecule has 0 bridgehead atoms. The molecule has 1 aliphatic heterocycles. The molecule has 1 aliphatic rings. The minimum Gasteiger partial charge on any atom is -0.374 e. The van der Waals surface area contributed by atoms with E-state index in [2.05, 4.69) is 92.5 Å². The summed E-state index contributed by atoms with van der Waals surface area (Å²) < 4.78 is 0. The maximum Gasteiger partial charge on any atom is 0.0616 e. The van der Waals surface area contributed by atoms with Crippen LogP contribution in [0.5, 0.6) is 0 Å². The van der Waals surface area contributed by atoms with Crippen LogP contribution in [0.4, 0.5) is 0 Å². The van der Waals surface area contributed by atoms with Gasteiger partial charge in [0.15, 0.2) is 0 Å². The van der Waals surface area contributed by atoms with Crippen molar-refractivity contribution in [3.8, 4) is 0 Å². The second kappa shape index (κ2) is 5.40. The first-order valence-corrected chi connectivity index (χ1v) is 7.71. The Labute approximate surface area is 127 Å². The lowest BCUT2D eigenvalue weighted by Crippen LogP contribution is -2.29. The molecule has 0 unspecified atom stereocenters. The molecule has 0 radical (unpaired) electrons. The van der Waals surface area contributed by atoms with Gasteiger partial charge in [0.25, 0.3) is 0 Å². The molecule has 1 atom stereocenters. The Morgan fingerprint density at radius 1 is 0.952 bits per heavy atom. The molecule has 0 aliphatic carbocycles. The Kier molecular flexibility index (Phi) is 3.59. The fourth-order valence-electron chi connectivity index (χ4n) is 3.82. The van der Waals surface area contributed by atoms with E-state index in [1.54, 1.807) is 0 Å². The van der Waals surface area contributed by atoms with Crippen LogP contribution in [0.2, 0.25) is 0 Å². The van der Waals surface area contributed by atoms with Crippen molar-refractivity contribution in [2.45, 2.75) is 31.7 Å². The van der Waals surface area contributed by atoms with Crippen molar-refractivity contribution < 1.29 is 0 Å². The van der Waals surface area contributed by atoms with E-state index in [-0.39, 0.29) is 5.41 Å². The molecule has 1 fully saturated rings. The molecular weight excluding hydrogens is 254 g/mol. The largest absolute Gasteiger partial charge is 0.374 e. The first-order chi connectivity index (χ1) is 10.2. The summed E-state index contributed by atoms with van der Waals surface area (Å²) in [6.07, 6.45) is 3.40. The average molecular weight is 277 g/mol. The molecule has 0 spiro atoms. The van der Waals surface area contributed by atoms with Crippen LogP contribution in [0.3, 0.4) is 0 Å². The Hall–Kier alpha value is -2.02. The van der Waals surface area contributed by atoms with Crippen LogP contribution in [-0.4, -0.2) is 18.0 Å². The average Bonchev–Trinajstić information content (AvgIpc) is 2.81. The highest BCUT2D eigenvalue weighted by Gasteiger charge is 2.47. The first kappa shape index (κ1) is 13.9. The molecule has 1 heterocycles. The molecule has 21 heavy (non-hydrogen) atoms. The van der Waals surface area contributed by atoms with E-state index in [0.717, 1.165) is 6.42 Å². The molecule has 2 aromatic rings. The summed E-state index contributed by atoms with van der Waals surface area (Å²) in [4.78, 5) is 2.43. The first-order valence-electron chi connectivity index (χ1n) is 7.71. The Bertz CT molecular complexity index is 588. The van der Waals surface area contributed by atoms with Gasteiger partial charge in [-0.3, -0.25) is 0 Å². The number of likely N-dealkylation sites (N-methyl/N-ethyl adjacent to an activating group) is 1. The topological polar surface area (TPSA) is 3.24 Å². The molecule has 0 aromatic heterocycles. The molecule has 1 nitrogen and oxygen atoms in total. The third-order valence-electron chi connectivity index (χ3n) is 4.89. The number of allylic oxidation sites excluding steroid dienone is 2. The number of likely N-dealkylation sites (tertiary alicyclic amines) is 1. The van der Waals surface area contributed by atoms with Crippen molar-refractivity contribution >= 4 is 0 Å². The van der Waals surface area contributed by atoms with Gasteiger partial charge in [0.2, 0.25) is 0 Å². The predicted molar refractivity (Wildman–Crippen MR) is 89.3 cm³/mol. The van der Waals surface area contributed by atoms with Gasteiger partial charge in [-0.15, -0.1) is 0 Å².